The van der Waals surface area contributed by atoms with E-state index < -0.39 is 5.60 Å². The van der Waals surface area contributed by atoms with Gasteiger partial charge in [-0.05, 0) is 49.3 Å². The van der Waals surface area contributed by atoms with Gasteiger partial charge in [0.2, 0.25) is 0 Å². The second-order valence-corrected chi connectivity index (χ2v) is 5.92. The molecule has 98 valence electrons. The van der Waals surface area contributed by atoms with E-state index in [1.165, 1.54) is 19.3 Å². The van der Waals surface area contributed by atoms with E-state index in [1.54, 1.807) is 0 Å². The summed E-state index contributed by atoms with van der Waals surface area (Å²) in [6.45, 7) is 2.16. The molecule has 18 heavy (non-hydrogen) atoms. The third kappa shape index (κ3) is 2.26. The zero-order valence-corrected chi connectivity index (χ0v) is 11.1. The first-order valence-corrected chi connectivity index (χ1v) is 7.18. The number of benzene rings is 1. The van der Waals surface area contributed by atoms with Gasteiger partial charge in [0.1, 0.15) is 5.75 Å². The van der Waals surface area contributed by atoms with Gasteiger partial charge in [-0.25, -0.2) is 0 Å². The van der Waals surface area contributed by atoms with Crippen LogP contribution in [0.5, 0.6) is 5.75 Å². The highest BCUT2D eigenvalue weighted by molar-refractivity contribution is 5.33. The Morgan fingerprint density at radius 2 is 2.06 bits per heavy atom. The van der Waals surface area contributed by atoms with Gasteiger partial charge in [0.25, 0.3) is 0 Å². The standard InChI is InChI=1S/C16H22O2/c1-12-5-2-3-10-16(12,17)13-6-4-7-15(11-13)18-14-8-9-14/h4,6-7,11-12,14,17H,2-3,5,8-10H2,1H3. The first kappa shape index (κ1) is 12.0. The van der Waals surface area contributed by atoms with E-state index in [-0.39, 0.29) is 0 Å². The van der Waals surface area contributed by atoms with Crippen molar-refractivity contribution in [1.82, 2.24) is 0 Å². The van der Waals surface area contributed by atoms with Gasteiger partial charge in [-0.2, -0.15) is 0 Å². The predicted molar refractivity (Wildman–Crippen MR) is 71.6 cm³/mol. The van der Waals surface area contributed by atoms with Gasteiger partial charge in [0.15, 0.2) is 0 Å². The lowest BCUT2D eigenvalue weighted by Crippen LogP contribution is -2.36. The summed E-state index contributed by atoms with van der Waals surface area (Å²) in [7, 11) is 0. The summed E-state index contributed by atoms with van der Waals surface area (Å²) in [5.41, 5.74) is 0.383. The summed E-state index contributed by atoms with van der Waals surface area (Å²) in [5.74, 6) is 1.25. The van der Waals surface area contributed by atoms with Gasteiger partial charge in [-0.3, -0.25) is 0 Å². The van der Waals surface area contributed by atoms with Crippen LogP contribution in [0.1, 0.15) is 51.0 Å². The van der Waals surface area contributed by atoms with Crippen molar-refractivity contribution in [3.8, 4) is 5.75 Å². The maximum Gasteiger partial charge on any atom is 0.120 e. The van der Waals surface area contributed by atoms with Crippen LogP contribution in [0.3, 0.4) is 0 Å². The minimum absolute atomic E-state index is 0.336. The molecule has 0 aromatic heterocycles. The van der Waals surface area contributed by atoms with Gasteiger partial charge in [0.05, 0.1) is 11.7 Å². The summed E-state index contributed by atoms with van der Waals surface area (Å²) in [6, 6.07) is 8.09. The molecule has 0 amide bonds. The molecule has 2 aliphatic carbocycles. The molecule has 2 fully saturated rings. The van der Waals surface area contributed by atoms with Gasteiger partial charge in [0, 0.05) is 0 Å². The topological polar surface area (TPSA) is 29.5 Å². The monoisotopic (exact) mass is 246 g/mol. The molecule has 0 heterocycles. The molecule has 2 aliphatic rings. The molecule has 2 nitrogen and oxygen atoms in total. The largest absolute Gasteiger partial charge is 0.490 e. The maximum atomic E-state index is 10.9. The van der Waals surface area contributed by atoms with Gasteiger partial charge >= 0.3 is 0 Å². The fourth-order valence-electron chi connectivity index (χ4n) is 2.98. The van der Waals surface area contributed by atoms with E-state index in [4.69, 9.17) is 4.74 Å². The SMILES string of the molecule is CC1CCCCC1(O)c1cccc(OC2CC2)c1. The Hall–Kier alpha value is -1.02. The lowest BCUT2D eigenvalue weighted by atomic mass is 9.72. The molecule has 1 aromatic carbocycles. The highest BCUT2D eigenvalue weighted by atomic mass is 16.5. The van der Waals surface area contributed by atoms with Crippen molar-refractivity contribution < 1.29 is 9.84 Å². The molecule has 0 radical (unpaired) electrons. The van der Waals surface area contributed by atoms with Crippen molar-refractivity contribution in [1.29, 1.82) is 0 Å². The normalized spacial score (nSPS) is 32.2. The number of rotatable bonds is 3. The third-order valence-electron chi connectivity index (χ3n) is 4.42. The zero-order valence-electron chi connectivity index (χ0n) is 11.1. The minimum atomic E-state index is -0.652. The summed E-state index contributed by atoms with van der Waals surface area (Å²) in [4.78, 5) is 0. The minimum Gasteiger partial charge on any atom is -0.490 e. The summed E-state index contributed by atoms with van der Waals surface area (Å²) in [6.07, 6.45) is 7.11. The summed E-state index contributed by atoms with van der Waals surface area (Å²) >= 11 is 0. The average Bonchev–Trinajstić information content (AvgIpc) is 3.17. The van der Waals surface area contributed by atoms with Crippen LogP contribution in [0.4, 0.5) is 0 Å². The van der Waals surface area contributed by atoms with E-state index in [1.807, 2.05) is 24.3 Å². The van der Waals surface area contributed by atoms with Crippen LogP contribution in [0, 0.1) is 5.92 Å². The highest BCUT2D eigenvalue weighted by Gasteiger charge is 2.37. The zero-order chi connectivity index (χ0) is 12.6. The third-order valence-corrected chi connectivity index (χ3v) is 4.42. The Morgan fingerprint density at radius 3 is 2.78 bits per heavy atom. The Morgan fingerprint density at radius 1 is 1.22 bits per heavy atom. The quantitative estimate of drug-likeness (QED) is 0.882. The van der Waals surface area contributed by atoms with E-state index in [0.717, 1.165) is 30.6 Å². The van der Waals surface area contributed by atoms with E-state index in [2.05, 4.69) is 6.92 Å². The van der Waals surface area contributed by atoms with Crippen LogP contribution in [-0.2, 0) is 5.60 Å². The van der Waals surface area contributed by atoms with Gasteiger partial charge < -0.3 is 9.84 Å². The maximum absolute atomic E-state index is 10.9. The van der Waals surface area contributed by atoms with Crippen molar-refractivity contribution in [3.63, 3.8) is 0 Å². The molecule has 2 heteroatoms. The number of hydrogen-bond donors (Lipinski definition) is 1. The second kappa shape index (κ2) is 4.58. The van der Waals surface area contributed by atoms with E-state index >= 15 is 0 Å². The second-order valence-electron chi connectivity index (χ2n) is 5.92. The lowest BCUT2D eigenvalue weighted by Gasteiger charge is -2.38. The van der Waals surface area contributed by atoms with Gasteiger partial charge in [-0.15, -0.1) is 0 Å². The molecule has 0 bridgehead atoms. The van der Waals surface area contributed by atoms with E-state index in [0.29, 0.717) is 12.0 Å². The molecule has 1 aromatic rings. The molecule has 1 N–H and O–H groups in total. The predicted octanol–water partition coefficient (Wildman–Crippen LogP) is 3.63. The van der Waals surface area contributed by atoms with Crippen LogP contribution in [-0.4, -0.2) is 11.2 Å². The Labute approximate surface area is 109 Å². The average molecular weight is 246 g/mol. The van der Waals surface area contributed by atoms with Crippen LogP contribution in [0.2, 0.25) is 0 Å². The van der Waals surface area contributed by atoms with Crippen molar-refractivity contribution in [3.05, 3.63) is 29.8 Å². The molecule has 2 unspecified atom stereocenters. The molecule has 0 spiro atoms. The number of ether oxygens (including phenoxy) is 1. The molecule has 2 atom stereocenters. The first-order valence-electron chi connectivity index (χ1n) is 7.18. The van der Waals surface area contributed by atoms with Gasteiger partial charge in [-0.1, -0.05) is 31.9 Å². The fraction of sp³-hybridized carbons (Fsp3) is 0.625. The summed E-state index contributed by atoms with van der Waals surface area (Å²) < 4.78 is 5.83. The lowest BCUT2D eigenvalue weighted by molar-refractivity contribution is -0.0471. The molecular weight excluding hydrogens is 224 g/mol. The first-order chi connectivity index (χ1) is 8.68. The molecule has 2 saturated carbocycles. The molecule has 3 rings (SSSR count). The number of aliphatic hydroxyl groups is 1. The van der Waals surface area contributed by atoms with Crippen molar-refractivity contribution in [2.45, 2.75) is 57.2 Å². The number of hydrogen-bond acceptors (Lipinski definition) is 2. The van der Waals surface area contributed by atoms with Crippen molar-refractivity contribution in [2.75, 3.05) is 0 Å². The van der Waals surface area contributed by atoms with E-state index in [9.17, 15) is 5.11 Å². The van der Waals surface area contributed by atoms with Crippen LogP contribution in [0.15, 0.2) is 24.3 Å². The van der Waals surface area contributed by atoms with Crippen molar-refractivity contribution >= 4 is 0 Å². The molecule has 0 aliphatic heterocycles. The highest BCUT2D eigenvalue weighted by Crippen LogP contribution is 2.42. The summed E-state index contributed by atoms with van der Waals surface area (Å²) in [5, 5.41) is 10.9. The molecular formula is C16H22O2. The Balaban J connectivity index is 1.85. The van der Waals surface area contributed by atoms with Crippen molar-refractivity contribution in [2.24, 2.45) is 5.92 Å². The Kier molecular flexibility index (Phi) is 3.06. The molecule has 0 saturated heterocycles. The van der Waals surface area contributed by atoms with Crippen LogP contribution < -0.4 is 4.74 Å². The van der Waals surface area contributed by atoms with Crippen LogP contribution >= 0.6 is 0 Å². The Bertz CT molecular complexity index is 425. The fourth-order valence-corrected chi connectivity index (χ4v) is 2.98. The van der Waals surface area contributed by atoms with Crippen LogP contribution in [0.25, 0.3) is 0 Å². The smallest absolute Gasteiger partial charge is 0.120 e.